The van der Waals surface area contributed by atoms with Crippen LogP contribution in [0.1, 0.15) is 59.8 Å². The molecule has 2 rings (SSSR count). The van der Waals surface area contributed by atoms with E-state index in [0.717, 1.165) is 37.7 Å². The van der Waals surface area contributed by atoms with Gasteiger partial charge < -0.3 is 11.1 Å². The largest absolute Gasteiger partial charge is 0.348 e. The maximum absolute atomic E-state index is 12.4. The molecule has 5 heteroatoms. The highest BCUT2D eigenvalue weighted by Gasteiger charge is 2.21. The van der Waals surface area contributed by atoms with Crippen LogP contribution < -0.4 is 11.1 Å². The Hall–Kier alpha value is -0.580. The second-order valence-corrected chi connectivity index (χ2v) is 6.27. The average Bonchev–Trinajstić information content (AvgIpc) is 2.87. The van der Waals surface area contributed by atoms with Crippen molar-refractivity contribution in [3.8, 4) is 0 Å². The first-order chi connectivity index (χ1) is 9.26. The first kappa shape index (κ1) is 17.5. The Morgan fingerprint density at radius 3 is 2.90 bits per heavy atom. The number of unbranched alkanes of at least 4 members (excludes halogenated alkanes) is 1. The van der Waals surface area contributed by atoms with Crippen molar-refractivity contribution in [2.24, 2.45) is 5.73 Å². The third kappa shape index (κ3) is 4.21. The number of rotatable bonds is 6. The molecule has 1 aliphatic carbocycles. The minimum Gasteiger partial charge on any atom is -0.348 e. The molecular weight excluding hydrogens is 292 g/mol. The van der Waals surface area contributed by atoms with Gasteiger partial charge in [-0.15, -0.1) is 23.7 Å². The van der Waals surface area contributed by atoms with Gasteiger partial charge in [0.25, 0.3) is 5.91 Å². The second-order valence-electron chi connectivity index (χ2n) is 5.31. The lowest BCUT2D eigenvalue weighted by molar-refractivity contribution is 0.0935. The summed E-state index contributed by atoms with van der Waals surface area (Å²) in [5, 5.41) is 5.12. The molecule has 1 aliphatic rings. The second kappa shape index (κ2) is 8.65. The fraction of sp³-hybridized carbons (Fsp3) is 0.667. The van der Waals surface area contributed by atoms with Crippen LogP contribution in [0.4, 0.5) is 0 Å². The van der Waals surface area contributed by atoms with E-state index in [4.69, 9.17) is 5.73 Å². The summed E-state index contributed by atoms with van der Waals surface area (Å²) in [5.74, 6) is 0.0750. The minimum atomic E-state index is 0. The van der Waals surface area contributed by atoms with Gasteiger partial charge >= 0.3 is 0 Å². The number of carbonyl (C=O) groups is 1. The van der Waals surface area contributed by atoms with E-state index < -0.39 is 0 Å². The summed E-state index contributed by atoms with van der Waals surface area (Å²) < 4.78 is 0. The van der Waals surface area contributed by atoms with Crippen LogP contribution in [-0.2, 0) is 12.8 Å². The zero-order valence-corrected chi connectivity index (χ0v) is 13.7. The van der Waals surface area contributed by atoms with Crippen molar-refractivity contribution in [3.63, 3.8) is 0 Å². The van der Waals surface area contributed by atoms with Crippen molar-refractivity contribution >= 4 is 29.7 Å². The summed E-state index contributed by atoms with van der Waals surface area (Å²) in [6.45, 7) is 2.68. The van der Waals surface area contributed by atoms with Crippen molar-refractivity contribution in [2.45, 2.75) is 57.9 Å². The Balaban J connectivity index is 0.00000200. The molecule has 1 aromatic rings. The number of aryl methyl sites for hydroxylation is 1. The van der Waals surface area contributed by atoms with E-state index in [0.29, 0.717) is 6.54 Å². The molecule has 0 aliphatic heterocycles. The fourth-order valence-electron chi connectivity index (χ4n) is 2.65. The van der Waals surface area contributed by atoms with E-state index in [2.05, 4.69) is 12.2 Å². The molecule has 0 saturated carbocycles. The monoisotopic (exact) mass is 316 g/mol. The average molecular weight is 317 g/mol. The van der Waals surface area contributed by atoms with E-state index in [1.54, 1.807) is 11.3 Å². The zero-order valence-electron chi connectivity index (χ0n) is 12.1. The Bertz CT molecular complexity index is 434. The molecule has 0 radical (unpaired) electrons. The molecule has 3 N–H and O–H groups in total. The van der Waals surface area contributed by atoms with Gasteiger partial charge in [0.05, 0.1) is 5.56 Å². The molecule has 1 atom stereocenters. The molecule has 20 heavy (non-hydrogen) atoms. The third-order valence-corrected chi connectivity index (χ3v) is 4.92. The summed E-state index contributed by atoms with van der Waals surface area (Å²) in [7, 11) is 0. The van der Waals surface area contributed by atoms with Gasteiger partial charge in [-0.1, -0.05) is 19.8 Å². The number of nitrogens with two attached hydrogens (primary N) is 1. The summed E-state index contributed by atoms with van der Waals surface area (Å²) in [4.78, 5) is 13.8. The molecule has 0 saturated heterocycles. The van der Waals surface area contributed by atoms with Crippen LogP contribution in [0.15, 0.2) is 5.38 Å². The summed E-state index contributed by atoms with van der Waals surface area (Å²) in [6, 6.07) is 0.117. The van der Waals surface area contributed by atoms with Crippen LogP contribution >= 0.6 is 23.7 Å². The van der Waals surface area contributed by atoms with Crippen LogP contribution in [0.2, 0.25) is 0 Å². The highest BCUT2D eigenvalue weighted by Crippen LogP contribution is 2.30. The number of fused-ring (bicyclic) bond motifs is 1. The molecule has 0 fully saturated rings. The van der Waals surface area contributed by atoms with Crippen LogP contribution in [0.25, 0.3) is 0 Å². The van der Waals surface area contributed by atoms with Crippen molar-refractivity contribution in [2.75, 3.05) is 6.54 Å². The van der Waals surface area contributed by atoms with Gasteiger partial charge in [-0.3, -0.25) is 4.79 Å². The van der Waals surface area contributed by atoms with Crippen LogP contribution in [0.3, 0.4) is 0 Å². The normalized spacial score (nSPS) is 15.1. The molecule has 0 aromatic carbocycles. The molecule has 1 heterocycles. The van der Waals surface area contributed by atoms with Gasteiger partial charge in [0.15, 0.2) is 0 Å². The quantitative estimate of drug-likeness (QED) is 0.846. The number of carbonyl (C=O) groups excluding carboxylic acids is 1. The standard InChI is InChI=1S/C15H24N2OS.ClH/c1-2-3-6-11(9-16)17-15(18)13-10-19-14-8-5-4-7-12(13)14;/h10-11H,2-9,16H2,1H3,(H,17,18);1H. The Labute approximate surface area is 131 Å². The van der Waals surface area contributed by atoms with Crippen LogP contribution in [0.5, 0.6) is 0 Å². The molecule has 1 unspecified atom stereocenters. The lowest BCUT2D eigenvalue weighted by Gasteiger charge is -2.18. The van der Waals surface area contributed by atoms with E-state index in [-0.39, 0.29) is 24.4 Å². The Morgan fingerprint density at radius 2 is 2.20 bits per heavy atom. The highest BCUT2D eigenvalue weighted by atomic mass is 35.5. The lowest BCUT2D eigenvalue weighted by Crippen LogP contribution is -2.40. The summed E-state index contributed by atoms with van der Waals surface area (Å²) in [5.41, 5.74) is 7.93. The first-order valence-corrected chi connectivity index (χ1v) is 8.24. The number of amides is 1. The zero-order chi connectivity index (χ0) is 13.7. The topological polar surface area (TPSA) is 55.1 Å². The molecule has 1 amide bonds. The Kier molecular flexibility index (Phi) is 7.56. The highest BCUT2D eigenvalue weighted by molar-refractivity contribution is 7.10. The maximum Gasteiger partial charge on any atom is 0.252 e. The summed E-state index contributed by atoms with van der Waals surface area (Å²) >= 11 is 1.74. The van der Waals surface area contributed by atoms with Gasteiger partial charge in [0.1, 0.15) is 0 Å². The van der Waals surface area contributed by atoms with Gasteiger partial charge in [0, 0.05) is 22.8 Å². The van der Waals surface area contributed by atoms with Crippen LogP contribution in [0, 0.1) is 0 Å². The van der Waals surface area contributed by atoms with E-state index in [1.807, 2.05) is 5.38 Å². The predicted octanol–water partition coefficient (Wildman–Crippen LogP) is 3.30. The van der Waals surface area contributed by atoms with Crippen molar-refractivity contribution in [1.29, 1.82) is 0 Å². The fourth-order valence-corrected chi connectivity index (χ4v) is 3.77. The predicted molar refractivity (Wildman–Crippen MR) is 88.0 cm³/mol. The number of halogens is 1. The summed E-state index contributed by atoms with van der Waals surface area (Å²) in [6.07, 6.45) is 7.90. The van der Waals surface area contributed by atoms with Gasteiger partial charge in [-0.25, -0.2) is 0 Å². The van der Waals surface area contributed by atoms with Gasteiger partial charge in [-0.05, 0) is 37.7 Å². The maximum atomic E-state index is 12.4. The lowest BCUT2D eigenvalue weighted by atomic mass is 9.95. The first-order valence-electron chi connectivity index (χ1n) is 7.36. The minimum absolute atomic E-state index is 0. The van der Waals surface area contributed by atoms with E-state index in [1.165, 1.54) is 23.3 Å². The molecule has 3 nitrogen and oxygen atoms in total. The third-order valence-electron chi connectivity index (χ3n) is 3.83. The molecular formula is C15H25ClN2OS. The van der Waals surface area contributed by atoms with Crippen LogP contribution in [-0.4, -0.2) is 18.5 Å². The van der Waals surface area contributed by atoms with Gasteiger partial charge in [-0.2, -0.15) is 0 Å². The molecule has 0 bridgehead atoms. The molecule has 114 valence electrons. The number of thiophene rings is 1. The van der Waals surface area contributed by atoms with Crippen molar-refractivity contribution in [1.82, 2.24) is 5.32 Å². The van der Waals surface area contributed by atoms with E-state index >= 15 is 0 Å². The van der Waals surface area contributed by atoms with Crippen molar-refractivity contribution < 1.29 is 4.79 Å². The number of hydrogen-bond acceptors (Lipinski definition) is 3. The van der Waals surface area contributed by atoms with E-state index in [9.17, 15) is 4.79 Å². The smallest absolute Gasteiger partial charge is 0.252 e. The van der Waals surface area contributed by atoms with Crippen molar-refractivity contribution in [3.05, 3.63) is 21.4 Å². The SMILES string of the molecule is CCCCC(CN)NC(=O)c1csc2c1CCCC2.Cl. The van der Waals surface area contributed by atoms with Gasteiger partial charge in [0.2, 0.25) is 0 Å². The molecule has 0 spiro atoms. The Morgan fingerprint density at radius 1 is 1.45 bits per heavy atom. The number of hydrogen-bond donors (Lipinski definition) is 2. The number of nitrogens with one attached hydrogen (secondary N) is 1. The molecule has 1 aromatic heterocycles.